The highest BCUT2D eigenvalue weighted by Crippen LogP contribution is 2.25. The Bertz CT molecular complexity index is 552. The average Bonchev–Trinajstić information content (AvgIpc) is 2.32. The maximum atomic E-state index is 11.3. The summed E-state index contributed by atoms with van der Waals surface area (Å²) in [6.45, 7) is 3.74. The number of hydrogen-bond donors (Lipinski definition) is 0. The van der Waals surface area contributed by atoms with Crippen LogP contribution in [-0.2, 0) is 9.84 Å². The van der Waals surface area contributed by atoms with Crippen LogP contribution in [0.1, 0.15) is 18.5 Å². The van der Waals surface area contributed by atoms with Crippen LogP contribution in [0, 0.1) is 12.8 Å². The van der Waals surface area contributed by atoms with Crippen molar-refractivity contribution in [2.75, 3.05) is 30.0 Å². The highest BCUT2D eigenvalue weighted by atomic mass is 79.9. The first-order chi connectivity index (χ1) is 8.85. The molecule has 0 unspecified atom stereocenters. The van der Waals surface area contributed by atoms with E-state index in [9.17, 15) is 8.42 Å². The maximum absolute atomic E-state index is 11.3. The summed E-state index contributed by atoms with van der Waals surface area (Å²) >= 11 is 3.45. The minimum absolute atomic E-state index is 0.294. The lowest BCUT2D eigenvalue weighted by atomic mass is 9.99. The fraction of sp³-hybridized carbons (Fsp3) is 0.615. The molecule has 106 valence electrons. The molecule has 2 rings (SSSR count). The van der Waals surface area contributed by atoms with Crippen LogP contribution in [0.15, 0.2) is 16.6 Å². The molecule has 1 aromatic rings. The third-order valence-corrected chi connectivity index (χ3v) is 5.40. The lowest BCUT2D eigenvalue weighted by Crippen LogP contribution is -2.36. The molecule has 0 amide bonds. The Kier molecular flexibility index (Phi) is 4.50. The van der Waals surface area contributed by atoms with E-state index in [4.69, 9.17) is 0 Å². The standard InChI is InChI=1S/C13H19BrN2O2S/c1-10-12(14)3-4-13(15-10)16-7-5-11(6-8-16)9-19(2,17)18/h3-4,11H,5-9H2,1-2H3. The van der Waals surface area contributed by atoms with E-state index in [-0.39, 0.29) is 0 Å². The van der Waals surface area contributed by atoms with Crippen molar-refractivity contribution in [1.29, 1.82) is 0 Å². The van der Waals surface area contributed by atoms with Crippen LogP contribution in [-0.4, -0.2) is 38.5 Å². The van der Waals surface area contributed by atoms with E-state index in [2.05, 4.69) is 25.8 Å². The third-order valence-electron chi connectivity index (χ3n) is 3.48. The molecular weight excluding hydrogens is 328 g/mol. The summed E-state index contributed by atoms with van der Waals surface area (Å²) in [4.78, 5) is 6.79. The molecule has 1 aliphatic heterocycles. The number of anilines is 1. The number of rotatable bonds is 3. The zero-order chi connectivity index (χ0) is 14.0. The third kappa shape index (κ3) is 4.18. The van der Waals surface area contributed by atoms with Crippen LogP contribution in [0.3, 0.4) is 0 Å². The van der Waals surface area contributed by atoms with Crippen LogP contribution >= 0.6 is 15.9 Å². The van der Waals surface area contributed by atoms with Crippen LogP contribution in [0.5, 0.6) is 0 Å². The van der Waals surface area contributed by atoms with Crippen LogP contribution in [0.4, 0.5) is 5.82 Å². The van der Waals surface area contributed by atoms with Crippen molar-refractivity contribution >= 4 is 31.6 Å². The van der Waals surface area contributed by atoms with Crippen molar-refractivity contribution in [3.05, 3.63) is 22.3 Å². The highest BCUT2D eigenvalue weighted by molar-refractivity contribution is 9.10. The van der Waals surface area contributed by atoms with E-state index in [0.717, 1.165) is 41.9 Å². The molecule has 6 heteroatoms. The van der Waals surface area contributed by atoms with Crippen molar-refractivity contribution in [3.8, 4) is 0 Å². The molecular formula is C13H19BrN2O2S. The number of nitrogens with zero attached hydrogens (tertiary/aromatic N) is 2. The summed E-state index contributed by atoms with van der Waals surface area (Å²) in [5.74, 6) is 1.59. The van der Waals surface area contributed by atoms with Gasteiger partial charge in [0.2, 0.25) is 0 Å². The van der Waals surface area contributed by atoms with Gasteiger partial charge in [0.1, 0.15) is 15.7 Å². The first-order valence-electron chi connectivity index (χ1n) is 6.41. The highest BCUT2D eigenvalue weighted by Gasteiger charge is 2.23. The summed E-state index contributed by atoms with van der Waals surface area (Å²) in [6.07, 6.45) is 3.16. The number of pyridine rings is 1. The minimum atomic E-state index is -2.86. The van der Waals surface area contributed by atoms with Gasteiger partial charge in [0.05, 0.1) is 11.4 Å². The molecule has 0 aliphatic carbocycles. The molecule has 0 radical (unpaired) electrons. The second-order valence-corrected chi connectivity index (χ2v) is 8.30. The molecule has 1 fully saturated rings. The van der Waals surface area contributed by atoms with Crippen molar-refractivity contribution < 1.29 is 8.42 Å². The van der Waals surface area contributed by atoms with Crippen LogP contribution in [0.25, 0.3) is 0 Å². The molecule has 4 nitrogen and oxygen atoms in total. The number of halogens is 1. The first-order valence-corrected chi connectivity index (χ1v) is 9.26. The number of aromatic nitrogens is 1. The van der Waals surface area contributed by atoms with Crippen LogP contribution < -0.4 is 4.90 Å². The SMILES string of the molecule is Cc1nc(N2CCC(CS(C)(=O)=O)CC2)ccc1Br. The van der Waals surface area contributed by atoms with Gasteiger partial charge in [0.15, 0.2) is 0 Å². The first kappa shape index (κ1) is 14.8. The second kappa shape index (κ2) is 5.79. The van der Waals surface area contributed by atoms with E-state index in [1.54, 1.807) is 0 Å². The van der Waals surface area contributed by atoms with Gasteiger partial charge >= 0.3 is 0 Å². The lowest BCUT2D eigenvalue weighted by Gasteiger charge is -2.32. The Labute approximate surface area is 123 Å². The predicted molar refractivity (Wildman–Crippen MR) is 81.3 cm³/mol. The van der Waals surface area contributed by atoms with Crippen LogP contribution in [0.2, 0.25) is 0 Å². The van der Waals surface area contributed by atoms with Gasteiger partial charge in [-0.1, -0.05) is 0 Å². The van der Waals surface area contributed by atoms with Gasteiger partial charge in [-0.3, -0.25) is 0 Å². The molecule has 0 N–H and O–H groups in total. The van der Waals surface area contributed by atoms with Crippen molar-refractivity contribution in [2.24, 2.45) is 5.92 Å². The van der Waals surface area contributed by atoms with Crippen molar-refractivity contribution in [1.82, 2.24) is 4.98 Å². The molecule has 0 aromatic carbocycles. The monoisotopic (exact) mass is 346 g/mol. The number of piperidine rings is 1. The summed E-state index contributed by atoms with van der Waals surface area (Å²) < 4.78 is 23.6. The predicted octanol–water partition coefficient (Wildman–Crippen LogP) is 2.41. The normalized spacial score (nSPS) is 17.7. The molecule has 19 heavy (non-hydrogen) atoms. The molecule has 0 saturated carbocycles. The molecule has 1 aliphatic rings. The van der Waals surface area contributed by atoms with E-state index in [1.165, 1.54) is 6.26 Å². The fourth-order valence-electron chi connectivity index (χ4n) is 2.46. The second-order valence-electron chi connectivity index (χ2n) is 5.26. The summed E-state index contributed by atoms with van der Waals surface area (Å²) in [6, 6.07) is 4.02. The van der Waals surface area contributed by atoms with E-state index in [0.29, 0.717) is 11.7 Å². The zero-order valence-corrected chi connectivity index (χ0v) is 13.7. The van der Waals surface area contributed by atoms with Crippen molar-refractivity contribution in [3.63, 3.8) is 0 Å². The van der Waals surface area contributed by atoms with Gasteiger partial charge in [0.25, 0.3) is 0 Å². The molecule has 0 spiro atoms. The smallest absolute Gasteiger partial charge is 0.147 e. The van der Waals surface area contributed by atoms with E-state index >= 15 is 0 Å². The van der Waals surface area contributed by atoms with Gasteiger partial charge < -0.3 is 4.90 Å². The van der Waals surface area contributed by atoms with Gasteiger partial charge in [0, 0.05) is 23.8 Å². The Morgan fingerprint density at radius 2 is 2.00 bits per heavy atom. The van der Waals surface area contributed by atoms with E-state index in [1.807, 2.05) is 19.1 Å². The number of hydrogen-bond acceptors (Lipinski definition) is 4. The van der Waals surface area contributed by atoms with E-state index < -0.39 is 9.84 Å². The Hall–Kier alpha value is -0.620. The number of sulfone groups is 1. The summed E-state index contributed by atoms with van der Waals surface area (Å²) in [5, 5.41) is 0. The maximum Gasteiger partial charge on any atom is 0.147 e. The fourth-order valence-corrected chi connectivity index (χ4v) is 3.87. The molecule has 0 atom stereocenters. The molecule has 1 saturated heterocycles. The quantitative estimate of drug-likeness (QED) is 0.843. The topological polar surface area (TPSA) is 50.3 Å². The Morgan fingerprint density at radius 1 is 1.37 bits per heavy atom. The summed E-state index contributed by atoms with van der Waals surface area (Å²) in [5.41, 5.74) is 0.982. The number of aryl methyl sites for hydroxylation is 1. The minimum Gasteiger partial charge on any atom is -0.357 e. The molecule has 1 aromatic heterocycles. The summed E-state index contributed by atoms with van der Waals surface area (Å²) in [7, 11) is -2.86. The zero-order valence-electron chi connectivity index (χ0n) is 11.3. The van der Waals surface area contributed by atoms with Gasteiger partial charge in [-0.05, 0) is 53.7 Å². The largest absolute Gasteiger partial charge is 0.357 e. The molecule has 2 heterocycles. The lowest BCUT2D eigenvalue weighted by molar-refractivity contribution is 0.434. The Balaban J connectivity index is 1.98. The molecule has 0 bridgehead atoms. The average molecular weight is 347 g/mol. The van der Waals surface area contributed by atoms with Crippen molar-refractivity contribution in [2.45, 2.75) is 19.8 Å². The van der Waals surface area contributed by atoms with Gasteiger partial charge in [-0.15, -0.1) is 0 Å². The van der Waals surface area contributed by atoms with Gasteiger partial charge in [-0.2, -0.15) is 0 Å². The Morgan fingerprint density at radius 3 is 2.53 bits per heavy atom. The van der Waals surface area contributed by atoms with Gasteiger partial charge in [-0.25, -0.2) is 13.4 Å².